The van der Waals surface area contributed by atoms with Crippen molar-refractivity contribution in [3.63, 3.8) is 0 Å². The summed E-state index contributed by atoms with van der Waals surface area (Å²) in [5, 5.41) is 0.958. The lowest BCUT2D eigenvalue weighted by Crippen LogP contribution is -2.27. The van der Waals surface area contributed by atoms with E-state index in [4.69, 9.17) is 0 Å². The molecule has 0 N–H and O–H groups in total. The Morgan fingerprint density at radius 2 is 1.56 bits per heavy atom. The van der Waals surface area contributed by atoms with Crippen LogP contribution in [0, 0.1) is 0 Å². The van der Waals surface area contributed by atoms with Crippen molar-refractivity contribution in [1.82, 2.24) is 0 Å². The number of nitrogens with zero attached hydrogens (tertiary/aromatic N) is 1. The highest BCUT2D eigenvalue weighted by Crippen LogP contribution is 2.24. The maximum atomic E-state index is 3.58. The molecule has 88 valence electrons. The van der Waals surface area contributed by atoms with Crippen LogP contribution in [-0.2, 0) is 5.33 Å². The van der Waals surface area contributed by atoms with Crippen molar-refractivity contribution in [2.45, 2.75) is 37.4 Å². The lowest BCUT2D eigenvalue weighted by atomic mass is 10.1. The Kier molecular flexibility index (Phi) is 4.70. The van der Waals surface area contributed by atoms with E-state index in [-0.39, 0.29) is 0 Å². The zero-order chi connectivity index (χ0) is 11.2. The molecule has 0 radical (unpaired) electrons. The molecule has 1 saturated heterocycles. The van der Waals surface area contributed by atoms with Gasteiger partial charge in [-0.1, -0.05) is 53.4 Å². The van der Waals surface area contributed by atoms with Gasteiger partial charge in [0.15, 0.2) is 0 Å². The summed E-state index contributed by atoms with van der Waals surface area (Å²) in [4.78, 5) is 2.57. The van der Waals surface area contributed by atoms with Gasteiger partial charge in [0, 0.05) is 24.1 Å². The first-order valence-electron chi connectivity index (χ1n) is 6.30. The molecule has 1 aromatic carbocycles. The number of para-hydroxylation sites is 1. The van der Waals surface area contributed by atoms with E-state index in [1.165, 1.54) is 56.4 Å². The summed E-state index contributed by atoms with van der Waals surface area (Å²) in [6.07, 6.45) is 6.90. The van der Waals surface area contributed by atoms with Crippen LogP contribution < -0.4 is 4.90 Å². The maximum absolute atomic E-state index is 3.58. The largest absolute Gasteiger partial charge is 0.371 e. The van der Waals surface area contributed by atoms with Crippen molar-refractivity contribution in [1.29, 1.82) is 0 Å². The van der Waals surface area contributed by atoms with Crippen molar-refractivity contribution < 1.29 is 0 Å². The first kappa shape index (κ1) is 12.0. The highest BCUT2D eigenvalue weighted by Gasteiger charge is 2.11. The quantitative estimate of drug-likeness (QED) is 0.729. The Bertz CT molecular complexity index is 316. The number of alkyl halides is 1. The van der Waals surface area contributed by atoms with Crippen LogP contribution in [0.4, 0.5) is 5.69 Å². The fourth-order valence-corrected chi connectivity index (χ4v) is 2.89. The minimum absolute atomic E-state index is 0.958. The Morgan fingerprint density at radius 3 is 2.25 bits per heavy atom. The van der Waals surface area contributed by atoms with Gasteiger partial charge in [0.05, 0.1) is 0 Å². The minimum Gasteiger partial charge on any atom is -0.371 e. The molecule has 1 aromatic rings. The number of rotatable bonds is 2. The molecule has 0 saturated carbocycles. The molecule has 1 fully saturated rings. The SMILES string of the molecule is BrCc1ccccc1N1CCCCCCC1. The molecular formula is C14H20BrN. The van der Waals surface area contributed by atoms with Crippen molar-refractivity contribution in [3.05, 3.63) is 29.8 Å². The van der Waals surface area contributed by atoms with Gasteiger partial charge < -0.3 is 4.90 Å². The third-order valence-electron chi connectivity index (χ3n) is 3.33. The molecule has 16 heavy (non-hydrogen) atoms. The highest BCUT2D eigenvalue weighted by atomic mass is 79.9. The maximum Gasteiger partial charge on any atom is 0.0407 e. The lowest BCUT2D eigenvalue weighted by molar-refractivity contribution is 0.556. The Hall–Kier alpha value is -0.500. The van der Waals surface area contributed by atoms with Crippen molar-refractivity contribution in [3.8, 4) is 0 Å². The van der Waals surface area contributed by atoms with E-state index < -0.39 is 0 Å². The number of benzene rings is 1. The molecule has 0 atom stereocenters. The molecule has 0 aliphatic carbocycles. The van der Waals surface area contributed by atoms with Crippen molar-refractivity contribution in [2.75, 3.05) is 18.0 Å². The predicted octanol–water partition coefficient (Wildman–Crippen LogP) is 4.35. The fraction of sp³-hybridized carbons (Fsp3) is 0.571. The molecule has 1 heterocycles. The molecule has 2 heteroatoms. The first-order valence-corrected chi connectivity index (χ1v) is 7.43. The summed E-state index contributed by atoms with van der Waals surface area (Å²) in [7, 11) is 0. The van der Waals surface area contributed by atoms with E-state index >= 15 is 0 Å². The molecule has 0 amide bonds. The van der Waals surface area contributed by atoms with Gasteiger partial charge in [-0.25, -0.2) is 0 Å². The van der Waals surface area contributed by atoms with Crippen LogP contribution in [0.1, 0.15) is 37.7 Å². The second-order valence-corrected chi connectivity index (χ2v) is 5.08. The monoisotopic (exact) mass is 281 g/mol. The van der Waals surface area contributed by atoms with Gasteiger partial charge in [-0.3, -0.25) is 0 Å². The van der Waals surface area contributed by atoms with Gasteiger partial charge in [0.2, 0.25) is 0 Å². The predicted molar refractivity (Wildman–Crippen MR) is 74.4 cm³/mol. The van der Waals surface area contributed by atoms with Gasteiger partial charge in [-0.2, -0.15) is 0 Å². The molecular weight excluding hydrogens is 262 g/mol. The Morgan fingerprint density at radius 1 is 0.938 bits per heavy atom. The molecule has 1 aliphatic rings. The summed E-state index contributed by atoms with van der Waals surface area (Å²) in [6.45, 7) is 2.45. The van der Waals surface area contributed by atoms with E-state index in [0.29, 0.717) is 0 Å². The van der Waals surface area contributed by atoms with E-state index in [9.17, 15) is 0 Å². The van der Waals surface area contributed by atoms with Gasteiger partial charge in [-0.05, 0) is 24.5 Å². The van der Waals surface area contributed by atoms with E-state index in [0.717, 1.165) is 5.33 Å². The first-order chi connectivity index (χ1) is 7.92. The summed E-state index contributed by atoms with van der Waals surface area (Å²) >= 11 is 3.58. The van der Waals surface area contributed by atoms with E-state index in [2.05, 4.69) is 45.1 Å². The van der Waals surface area contributed by atoms with Crippen molar-refractivity contribution >= 4 is 21.6 Å². The molecule has 0 bridgehead atoms. The Balaban J connectivity index is 2.13. The zero-order valence-corrected chi connectivity index (χ0v) is 11.4. The standard InChI is InChI=1S/C14H20BrN/c15-12-13-8-4-5-9-14(13)16-10-6-2-1-3-7-11-16/h4-5,8-9H,1-3,6-7,10-12H2. The van der Waals surface area contributed by atoms with Crippen LogP contribution in [0.15, 0.2) is 24.3 Å². The molecule has 0 spiro atoms. The molecule has 1 nitrogen and oxygen atoms in total. The van der Waals surface area contributed by atoms with E-state index in [1.807, 2.05) is 0 Å². The van der Waals surface area contributed by atoms with Gasteiger partial charge in [-0.15, -0.1) is 0 Å². The van der Waals surface area contributed by atoms with Gasteiger partial charge in [0.1, 0.15) is 0 Å². The minimum atomic E-state index is 0.958. The number of hydrogen-bond donors (Lipinski definition) is 0. The molecule has 1 aliphatic heterocycles. The average molecular weight is 282 g/mol. The highest BCUT2D eigenvalue weighted by molar-refractivity contribution is 9.08. The topological polar surface area (TPSA) is 3.24 Å². The van der Waals surface area contributed by atoms with Gasteiger partial charge >= 0.3 is 0 Å². The normalized spacial score (nSPS) is 17.9. The summed E-state index contributed by atoms with van der Waals surface area (Å²) in [5.41, 5.74) is 2.85. The van der Waals surface area contributed by atoms with Crippen LogP contribution in [-0.4, -0.2) is 13.1 Å². The third-order valence-corrected chi connectivity index (χ3v) is 3.94. The zero-order valence-electron chi connectivity index (χ0n) is 9.79. The second-order valence-electron chi connectivity index (χ2n) is 4.52. The van der Waals surface area contributed by atoms with Crippen LogP contribution in [0.3, 0.4) is 0 Å². The smallest absolute Gasteiger partial charge is 0.0407 e. The second kappa shape index (κ2) is 6.29. The lowest BCUT2D eigenvalue weighted by Gasteiger charge is -2.28. The number of halogens is 1. The number of hydrogen-bond acceptors (Lipinski definition) is 1. The molecule has 0 unspecified atom stereocenters. The number of anilines is 1. The summed E-state index contributed by atoms with van der Waals surface area (Å²) in [6, 6.07) is 8.77. The summed E-state index contributed by atoms with van der Waals surface area (Å²) in [5.74, 6) is 0. The summed E-state index contributed by atoms with van der Waals surface area (Å²) < 4.78 is 0. The fourth-order valence-electron chi connectivity index (χ4n) is 2.42. The van der Waals surface area contributed by atoms with E-state index in [1.54, 1.807) is 0 Å². The average Bonchev–Trinajstić information content (AvgIpc) is 2.29. The Labute approximate surface area is 107 Å². The molecule has 2 rings (SSSR count). The van der Waals surface area contributed by atoms with Crippen LogP contribution in [0.5, 0.6) is 0 Å². The molecule has 0 aromatic heterocycles. The van der Waals surface area contributed by atoms with Crippen LogP contribution in [0.25, 0.3) is 0 Å². The van der Waals surface area contributed by atoms with Crippen molar-refractivity contribution in [2.24, 2.45) is 0 Å². The third kappa shape index (κ3) is 3.00. The van der Waals surface area contributed by atoms with Crippen LogP contribution in [0.2, 0.25) is 0 Å². The van der Waals surface area contributed by atoms with Gasteiger partial charge in [0.25, 0.3) is 0 Å². The van der Waals surface area contributed by atoms with Crippen LogP contribution >= 0.6 is 15.9 Å².